The second-order valence-corrected chi connectivity index (χ2v) is 7.39. The lowest BCUT2D eigenvalue weighted by molar-refractivity contribution is -0.0778. The molecular weight excluding hydrogens is 260 g/mol. The number of likely N-dealkylation sites (tertiary alicyclic amines) is 1. The zero-order valence-electron chi connectivity index (χ0n) is 14.3. The minimum absolute atomic E-state index is 0.00250. The fourth-order valence-corrected chi connectivity index (χ4v) is 4.23. The summed E-state index contributed by atoms with van der Waals surface area (Å²) in [5, 5.41) is 0. The van der Waals surface area contributed by atoms with Gasteiger partial charge in [-0.15, -0.1) is 0 Å². The minimum Gasteiger partial charge on any atom is -0.374 e. The molecule has 0 radical (unpaired) electrons. The molecule has 0 aromatic rings. The van der Waals surface area contributed by atoms with Crippen LogP contribution in [0.3, 0.4) is 0 Å². The molecule has 0 aromatic carbocycles. The van der Waals surface area contributed by atoms with Crippen molar-refractivity contribution in [1.29, 1.82) is 0 Å². The van der Waals surface area contributed by atoms with Crippen LogP contribution in [0.25, 0.3) is 0 Å². The van der Waals surface area contributed by atoms with Crippen molar-refractivity contribution >= 4 is 0 Å². The molecule has 2 aliphatic rings. The Kier molecular flexibility index (Phi) is 6.97. The van der Waals surface area contributed by atoms with Crippen LogP contribution >= 0.6 is 0 Å². The molecule has 1 atom stereocenters. The van der Waals surface area contributed by atoms with Crippen LogP contribution in [0.4, 0.5) is 0 Å². The van der Waals surface area contributed by atoms with E-state index in [0.717, 1.165) is 18.6 Å². The maximum absolute atomic E-state index is 6.35. The first kappa shape index (κ1) is 17.2. The van der Waals surface area contributed by atoms with E-state index < -0.39 is 0 Å². The average Bonchev–Trinajstić information content (AvgIpc) is 2.51. The lowest BCUT2D eigenvalue weighted by Gasteiger charge is -2.40. The van der Waals surface area contributed by atoms with Gasteiger partial charge >= 0.3 is 0 Å². The number of ether oxygens (including phenoxy) is 1. The van der Waals surface area contributed by atoms with E-state index in [0.29, 0.717) is 6.54 Å². The molecule has 1 aliphatic carbocycles. The van der Waals surface area contributed by atoms with E-state index in [2.05, 4.69) is 18.9 Å². The third-order valence-electron chi connectivity index (χ3n) is 5.87. The lowest BCUT2D eigenvalue weighted by Crippen LogP contribution is -2.45. The number of hydrogen-bond donors (Lipinski definition) is 1. The topological polar surface area (TPSA) is 38.5 Å². The molecular formula is C18H36N2O. The van der Waals surface area contributed by atoms with Gasteiger partial charge in [-0.2, -0.15) is 0 Å². The molecule has 3 nitrogen and oxygen atoms in total. The van der Waals surface area contributed by atoms with Crippen molar-refractivity contribution in [2.45, 2.75) is 82.8 Å². The summed E-state index contributed by atoms with van der Waals surface area (Å²) in [6, 6.07) is 0.727. The van der Waals surface area contributed by atoms with Gasteiger partial charge in [-0.3, -0.25) is 0 Å². The van der Waals surface area contributed by atoms with Gasteiger partial charge in [0.2, 0.25) is 0 Å². The van der Waals surface area contributed by atoms with E-state index in [-0.39, 0.29) is 5.60 Å². The molecule has 124 valence electrons. The summed E-state index contributed by atoms with van der Waals surface area (Å²) in [5.74, 6) is 0.919. The Morgan fingerprint density at radius 3 is 2.52 bits per heavy atom. The molecule has 2 fully saturated rings. The summed E-state index contributed by atoms with van der Waals surface area (Å²) in [4.78, 5) is 2.51. The van der Waals surface area contributed by atoms with E-state index in [1.54, 1.807) is 0 Å². The van der Waals surface area contributed by atoms with Gasteiger partial charge in [0, 0.05) is 19.2 Å². The maximum atomic E-state index is 6.35. The maximum Gasteiger partial charge on any atom is 0.0804 e. The largest absolute Gasteiger partial charge is 0.374 e. The first-order valence-corrected chi connectivity index (χ1v) is 9.23. The molecule has 2 rings (SSSR count). The Morgan fingerprint density at radius 1 is 1.14 bits per heavy atom. The van der Waals surface area contributed by atoms with Gasteiger partial charge in [-0.25, -0.2) is 0 Å². The van der Waals surface area contributed by atoms with Crippen LogP contribution in [-0.2, 0) is 4.74 Å². The van der Waals surface area contributed by atoms with Crippen LogP contribution < -0.4 is 5.73 Å². The van der Waals surface area contributed by atoms with Gasteiger partial charge in [0.25, 0.3) is 0 Å². The summed E-state index contributed by atoms with van der Waals surface area (Å²) in [6.45, 7) is 5.14. The van der Waals surface area contributed by atoms with E-state index in [1.807, 2.05) is 0 Å². The van der Waals surface area contributed by atoms with Crippen LogP contribution in [0.5, 0.6) is 0 Å². The van der Waals surface area contributed by atoms with Crippen molar-refractivity contribution in [3.05, 3.63) is 0 Å². The normalized spacial score (nSPS) is 35.0. The van der Waals surface area contributed by atoms with E-state index in [1.165, 1.54) is 70.8 Å². The van der Waals surface area contributed by atoms with Crippen molar-refractivity contribution in [2.75, 3.05) is 26.7 Å². The number of nitrogens with zero attached hydrogens (tertiary/aromatic N) is 1. The number of piperidine rings is 1. The Morgan fingerprint density at radius 2 is 1.90 bits per heavy atom. The fourth-order valence-electron chi connectivity index (χ4n) is 4.23. The smallest absolute Gasteiger partial charge is 0.0804 e. The summed E-state index contributed by atoms with van der Waals surface area (Å²) in [5.41, 5.74) is 6.07. The number of hydrogen-bond acceptors (Lipinski definition) is 3. The predicted octanol–water partition coefficient (Wildman–Crippen LogP) is 3.57. The first-order chi connectivity index (χ1) is 10.2. The van der Waals surface area contributed by atoms with Crippen molar-refractivity contribution in [3.63, 3.8) is 0 Å². The molecule has 0 amide bonds. The lowest BCUT2D eigenvalue weighted by atomic mass is 9.77. The van der Waals surface area contributed by atoms with Gasteiger partial charge in [0.05, 0.1) is 5.60 Å². The highest BCUT2D eigenvalue weighted by Crippen LogP contribution is 2.36. The second kappa shape index (κ2) is 8.50. The third-order valence-corrected chi connectivity index (χ3v) is 5.87. The highest BCUT2D eigenvalue weighted by molar-refractivity contribution is 4.88. The monoisotopic (exact) mass is 296 g/mol. The minimum atomic E-state index is -0.00250. The van der Waals surface area contributed by atoms with Gasteiger partial charge in [-0.05, 0) is 64.5 Å². The van der Waals surface area contributed by atoms with Crippen LogP contribution in [0.1, 0.15) is 71.1 Å². The van der Waals surface area contributed by atoms with Gasteiger partial charge in [0.15, 0.2) is 0 Å². The standard InChI is InChI=1S/C18H36N2O/c1-3-6-16-8-11-18(15-19,12-9-16)21-14-10-17-7-4-5-13-20(17)2/h16-17H,3-15,19H2,1-2H3. The van der Waals surface area contributed by atoms with Crippen molar-refractivity contribution in [3.8, 4) is 0 Å². The predicted molar refractivity (Wildman–Crippen MR) is 89.5 cm³/mol. The van der Waals surface area contributed by atoms with Crippen LogP contribution in [-0.4, -0.2) is 43.3 Å². The summed E-state index contributed by atoms with van der Waals surface area (Å²) in [6.07, 6.45) is 12.9. The fraction of sp³-hybridized carbons (Fsp3) is 1.00. The Hall–Kier alpha value is -0.120. The SMILES string of the molecule is CCCC1CCC(CN)(OCCC2CCCCN2C)CC1. The highest BCUT2D eigenvalue weighted by atomic mass is 16.5. The average molecular weight is 296 g/mol. The molecule has 1 unspecified atom stereocenters. The molecule has 0 bridgehead atoms. The number of rotatable bonds is 7. The Bertz CT molecular complexity index is 287. The molecule has 1 saturated heterocycles. The van der Waals surface area contributed by atoms with E-state index >= 15 is 0 Å². The van der Waals surface area contributed by atoms with Crippen molar-refractivity contribution < 1.29 is 4.74 Å². The van der Waals surface area contributed by atoms with Gasteiger partial charge < -0.3 is 15.4 Å². The number of nitrogens with two attached hydrogens (primary N) is 1. The van der Waals surface area contributed by atoms with E-state index in [9.17, 15) is 0 Å². The molecule has 2 N–H and O–H groups in total. The molecule has 0 aromatic heterocycles. The molecule has 3 heteroatoms. The molecule has 1 aliphatic heterocycles. The quantitative estimate of drug-likeness (QED) is 0.780. The summed E-state index contributed by atoms with van der Waals surface area (Å²) >= 11 is 0. The Balaban J connectivity index is 1.72. The molecule has 0 spiro atoms. The zero-order chi connectivity index (χ0) is 15.1. The molecule has 1 heterocycles. The second-order valence-electron chi connectivity index (χ2n) is 7.39. The molecule has 1 saturated carbocycles. The van der Waals surface area contributed by atoms with Crippen LogP contribution in [0, 0.1) is 5.92 Å². The molecule has 21 heavy (non-hydrogen) atoms. The van der Waals surface area contributed by atoms with Gasteiger partial charge in [-0.1, -0.05) is 26.2 Å². The summed E-state index contributed by atoms with van der Waals surface area (Å²) in [7, 11) is 2.26. The third kappa shape index (κ3) is 4.94. The summed E-state index contributed by atoms with van der Waals surface area (Å²) < 4.78 is 6.35. The first-order valence-electron chi connectivity index (χ1n) is 9.23. The Labute approximate surface area is 131 Å². The van der Waals surface area contributed by atoms with Gasteiger partial charge in [0.1, 0.15) is 0 Å². The van der Waals surface area contributed by atoms with E-state index in [4.69, 9.17) is 10.5 Å². The van der Waals surface area contributed by atoms with Crippen molar-refractivity contribution in [1.82, 2.24) is 4.90 Å². The highest BCUT2D eigenvalue weighted by Gasteiger charge is 2.35. The van der Waals surface area contributed by atoms with Crippen LogP contribution in [0.15, 0.2) is 0 Å². The van der Waals surface area contributed by atoms with Crippen LogP contribution in [0.2, 0.25) is 0 Å². The zero-order valence-corrected chi connectivity index (χ0v) is 14.3. The van der Waals surface area contributed by atoms with Crippen molar-refractivity contribution in [2.24, 2.45) is 11.7 Å².